The number of halogens is 3. The average Bonchev–Trinajstić information content (AvgIpc) is 2.48. The number of nitrogens with one attached hydrogen (secondary N) is 2. The Kier molecular flexibility index (Phi) is 4.20. The molecule has 1 aromatic carbocycles. The molecule has 0 spiro atoms. The van der Waals surface area contributed by atoms with Crippen molar-refractivity contribution in [2.45, 2.75) is 6.18 Å². The molecule has 0 saturated heterocycles. The van der Waals surface area contributed by atoms with Crippen molar-refractivity contribution in [1.82, 2.24) is 4.98 Å². The van der Waals surface area contributed by atoms with E-state index in [9.17, 15) is 22.8 Å². The summed E-state index contributed by atoms with van der Waals surface area (Å²) in [5.74, 6) is -0.311. The van der Waals surface area contributed by atoms with Gasteiger partial charge < -0.3 is 15.0 Å². The van der Waals surface area contributed by atoms with E-state index in [-0.39, 0.29) is 5.56 Å². The van der Waals surface area contributed by atoms with Crippen LogP contribution in [0.2, 0.25) is 0 Å². The largest absolute Gasteiger partial charge is 0.497 e. The van der Waals surface area contributed by atoms with Crippen LogP contribution >= 0.6 is 0 Å². The first-order valence-electron chi connectivity index (χ1n) is 6.06. The van der Waals surface area contributed by atoms with Gasteiger partial charge in [0.15, 0.2) is 0 Å². The number of methoxy groups -OCH3 is 1. The summed E-state index contributed by atoms with van der Waals surface area (Å²) in [6, 6.07) is 6.58. The molecule has 0 aliphatic carbocycles. The van der Waals surface area contributed by atoms with Gasteiger partial charge in [-0.05, 0) is 24.3 Å². The van der Waals surface area contributed by atoms with Crippen LogP contribution in [0, 0.1) is 0 Å². The molecule has 0 atom stereocenters. The van der Waals surface area contributed by atoms with Crippen molar-refractivity contribution >= 4 is 11.6 Å². The van der Waals surface area contributed by atoms with Crippen LogP contribution in [0.1, 0.15) is 15.9 Å². The summed E-state index contributed by atoms with van der Waals surface area (Å²) >= 11 is 0. The third-order valence-electron chi connectivity index (χ3n) is 2.81. The Bertz CT molecular complexity index is 753. The number of H-pyrrole nitrogens is 1. The summed E-state index contributed by atoms with van der Waals surface area (Å²) in [5.41, 5.74) is -2.23. The van der Waals surface area contributed by atoms with Gasteiger partial charge in [0.2, 0.25) is 0 Å². The molecule has 1 heterocycles. The number of hydrogen-bond acceptors (Lipinski definition) is 3. The zero-order valence-electron chi connectivity index (χ0n) is 11.3. The lowest BCUT2D eigenvalue weighted by atomic mass is 10.2. The smallest absolute Gasteiger partial charge is 0.417 e. The van der Waals surface area contributed by atoms with Crippen molar-refractivity contribution in [3.8, 4) is 5.75 Å². The number of aromatic nitrogens is 1. The molecule has 8 heteroatoms. The van der Waals surface area contributed by atoms with Crippen molar-refractivity contribution in [2.24, 2.45) is 0 Å². The molecule has 1 amide bonds. The van der Waals surface area contributed by atoms with Crippen molar-refractivity contribution in [3.63, 3.8) is 0 Å². The molecule has 22 heavy (non-hydrogen) atoms. The molecule has 116 valence electrons. The second-order valence-electron chi connectivity index (χ2n) is 4.31. The minimum absolute atomic E-state index is 0.149. The number of ether oxygens (including phenoxy) is 1. The predicted octanol–water partition coefficient (Wildman–Crippen LogP) is 2.65. The summed E-state index contributed by atoms with van der Waals surface area (Å²) < 4.78 is 42.8. The molecule has 0 aliphatic heterocycles. The number of amides is 1. The van der Waals surface area contributed by atoms with Crippen LogP contribution in [-0.4, -0.2) is 18.0 Å². The fourth-order valence-electron chi connectivity index (χ4n) is 1.70. The quantitative estimate of drug-likeness (QED) is 0.915. The Morgan fingerprint density at radius 3 is 2.64 bits per heavy atom. The molecule has 2 N–H and O–H groups in total. The molecule has 2 aromatic rings. The van der Waals surface area contributed by atoms with E-state index in [0.717, 1.165) is 0 Å². The van der Waals surface area contributed by atoms with Gasteiger partial charge in [0, 0.05) is 11.8 Å². The zero-order valence-corrected chi connectivity index (χ0v) is 11.3. The number of alkyl halides is 3. The number of rotatable bonds is 3. The van der Waals surface area contributed by atoms with Gasteiger partial charge in [-0.2, -0.15) is 13.2 Å². The molecule has 2 rings (SSSR count). The molecule has 0 aliphatic rings. The molecule has 1 aromatic heterocycles. The van der Waals surface area contributed by atoms with Gasteiger partial charge in [0.1, 0.15) is 11.4 Å². The third kappa shape index (κ3) is 3.46. The van der Waals surface area contributed by atoms with Crippen molar-refractivity contribution in [1.29, 1.82) is 0 Å². The Balaban J connectivity index is 2.30. The predicted molar refractivity (Wildman–Crippen MR) is 73.0 cm³/mol. The standard InChI is InChI=1S/C14H11F3N2O3/c1-22-10-4-2-3-8(5-10)12(20)19-11-6-9(14(15,16)17)7-18-13(11)21/h2-7H,1H3,(H,18,21)(H,19,20). The van der Waals surface area contributed by atoms with E-state index in [0.29, 0.717) is 18.0 Å². The number of aromatic amines is 1. The average molecular weight is 312 g/mol. The van der Waals surface area contributed by atoms with Crippen LogP contribution in [0.15, 0.2) is 41.3 Å². The summed E-state index contributed by atoms with van der Waals surface area (Å²) in [7, 11) is 1.41. The first-order valence-corrected chi connectivity index (χ1v) is 6.06. The van der Waals surface area contributed by atoms with Crippen molar-refractivity contribution in [2.75, 3.05) is 12.4 Å². The normalized spacial score (nSPS) is 11.1. The van der Waals surface area contributed by atoms with Crippen LogP contribution in [-0.2, 0) is 6.18 Å². The molecule has 5 nitrogen and oxygen atoms in total. The van der Waals surface area contributed by atoms with Crippen LogP contribution < -0.4 is 15.6 Å². The van der Waals surface area contributed by atoms with Gasteiger partial charge in [0.05, 0.1) is 12.7 Å². The maximum atomic E-state index is 12.6. The highest BCUT2D eigenvalue weighted by Gasteiger charge is 2.31. The molecule has 0 unspecified atom stereocenters. The Morgan fingerprint density at radius 1 is 1.27 bits per heavy atom. The first kappa shape index (κ1) is 15.6. The summed E-state index contributed by atoms with van der Waals surface area (Å²) in [6.45, 7) is 0. The van der Waals surface area contributed by atoms with Crippen molar-refractivity contribution < 1.29 is 22.7 Å². The minimum Gasteiger partial charge on any atom is -0.497 e. The van der Waals surface area contributed by atoms with Gasteiger partial charge >= 0.3 is 6.18 Å². The number of anilines is 1. The van der Waals surface area contributed by atoms with E-state index in [4.69, 9.17) is 4.74 Å². The lowest BCUT2D eigenvalue weighted by molar-refractivity contribution is -0.137. The van der Waals surface area contributed by atoms with Crippen LogP contribution in [0.5, 0.6) is 5.75 Å². The van der Waals surface area contributed by atoms with Crippen LogP contribution in [0.4, 0.5) is 18.9 Å². The molecular weight excluding hydrogens is 301 g/mol. The van der Waals surface area contributed by atoms with Crippen LogP contribution in [0.3, 0.4) is 0 Å². The highest BCUT2D eigenvalue weighted by Crippen LogP contribution is 2.29. The maximum Gasteiger partial charge on any atom is 0.417 e. The maximum absolute atomic E-state index is 12.6. The Morgan fingerprint density at radius 2 is 2.00 bits per heavy atom. The van der Waals surface area contributed by atoms with E-state index in [1.807, 2.05) is 4.98 Å². The first-order chi connectivity index (χ1) is 10.3. The van der Waals surface area contributed by atoms with E-state index >= 15 is 0 Å². The second-order valence-corrected chi connectivity index (χ2v) is 4.31. The number of carbonyl (C=O) groups is 1. The molecule has 0 fully saturated rings. The highest BCUT2D eigenvalue weighted by molar-refractivity contribution is 6.04. The SMILES string of the molecule is COc1cccc(C(=O)Nc2cc(C(F)(F)F)c[nH]c2=O)c1. The van der Waals surface area contributed by atoms with E-state index in [2.05, 4.69) is 5.32 Å². The summed E-state index contributed by atoms with van der Waals surface area (Å²) in [5, 5.41) is 2.15. The van der Waals surface area contributed by atoms with Crippen molar-refractivity contribution in [3.05, 3.63) is 58.0 Å². The number of hydrogen-bond donors (Lipinski definition) is 2. The monoisotopic (exact) mass is 312 g/mol. The van der Waals surface area contributed by atoms with Gasteiger partial charge in [0.25, 0.3) is 11.5 Å². The molecule has 0 saturated carbocycles. The Hall–Kier alpha value is -2.77. The molecule has 0 radical (unpaired) electrons. The lowest BCUT2D eigenvalue weighted by Gasteiger charge is -2.09. The summed E-state index contributed by atoms with van der Waals surface area (Å²) in [4.78, 5) is 25.5. The fourth-order valence-corrected chi connectivity index (χ4v) is 1.70. The number of pyridine rings is 1. The fraction of sp³-hybridized carbons (Fsp3) is 0.143. The number of benzene rings is 1. The van der Waals surface area contributed by atoms with E-state index in [1.54, 1.807) is 12.1 Å². The van der Waals surface area contributed by atoms with Gasteiger partial charge in [-0.3, -0.25) is 9.59 Å². The molecule has 0 bridgehead atoms. The van der Waals surface area contributed by atoms with E-state index < -0.39 is 28.9 Å². The number of carbonyl (C=O) groups excluding carboxylic acids is 1. The second kappa shape index (κ2) is 5.92. The topological polar surface area (TPSA) is 71.2 Å². The molecular formula is C14H11F3N2O3. The van der Waals surface area contributed by atoms with Gasteiger partial charge in [-0.1, -0.05) is 6.07 Å². The van der Waals surface area contributed by atoms with E-state index in [1.165, 1.54) is 19.2 Å². The zero-order chi connectivity index (χ0) is 16.3. The highest BCUT2D eigenvalue weighted by atomic mass is 19.4. The van der Waals surface area contributed by atoms with Gasteiger partial charge in [-0.25, -0.2) is 0 Å². The van der Waals surface area contributed by atoms with Gasteiger partial charge in [-0.15, -0.1) is 0 Å². The third-order valence-corrected chi connectivity index (χ3v) is 2.81. The summed E-state index contributed by atoms with van der Waals surface area (Å²) in [6.07, 6.45) is -4.08. The minimum atomic E-state index is -4.63. The Labute approximate surface area is 122 Å². The lowest BCUT2D eigenvalue weighted by Crippen LogP contribution is -2.21. The van der Waals surface area contributed by atoms with Crippen LogP contribution in [0.25, 0.3) is 0 Å².